The molecule has 0 unspecified atom stereocenters. The topological polar surface area (TPSA) is 88.3 Å². The van der Waals surface area contributed by atoms with Gasteiger partial charge < -0.3 is 5.32 Å². The van der Waals surface area contributed by atoms with Crippen molar-refractivity contribution in [3.63, 3.8) is 0 Å². The molecular formula is C16H19N7OS. The van der Waals surface area contributed by atoms with E-state index >= 15 is 0 Å². The highest BCUT2D eigenvalue weighted by molar-refractivity contribution is 7.15. The number of rotatable bonds is 4. The van der Waals surface area contributed by atoms with Crippen LogP contribution in [-0.2, 0) is 11.3 Å². The first-order valence-corrected chi connectivity index (χ1v) is 9.10. The quantitative estimate of drug-likeness (QED) is 0.767. The summed E-state index contributed by atoms with van der Waals surface area (Å²) in [4.78, 5) is 27.4. The van der Waals surface area contributed by atoms with Crippen molar-refractivity contribution >= 4 is 28.2 Å². The maximum absolute atomic E-state index is 11.1. The number of hydrogen-bond donors (Lipinski definition) is 1. The molecule has 1 atom stereocenters. The van der Waals surface area contributed by atoms with Gasteiger partial charge in [0.25, 0.3) is 5.78 Å². The highest BCUT2D eigenvalue weighted by atomic mass is 32.1. The van der Waals surface area contributed by atoms with Gasteiger partial charge in [-0.3, -0.25) is 9.69 Å². The van der Waals surface area contributed by atoms with Crippen LogP contribution in [0.3, 0.4) is 0 Å². The van der Waals surface area contributed by atoms with Gasteiger partial charge in [-0.25, -0.2) is 14.5 Å². The van der Waals surface area contributed by atoms with Crippen LogP contribution in [0.25, 0.3) is 5.78 Å². The Labute approximate surface area is 148 Å². The molecular weight excluding hydrogens is 338 g/mol. The van der Waals surface area contributed by atoms with Crippen molar-refractivity contribution in [3.8, 4) is 0 Å². The summed E-state index contributed by atoms with van der Waals surface area (Å²) >= 11 is 1.53. The second-order valence-electron chi connectivity index (χ2n) is 6.23. The largest absolute Gasteiger partial charge is 0.302 e. The van der Waals surface area contributed by atoms with E-state index in [0.29, 0.717) is 16.8 Å². The third-order valence-corrected chi connectivity index (χ3v) is 5.25. The zero-order valence-electron chi connectivity index (χ0n) is 13.9. The Hall–Kier alpha value is -2.39. The highest BCUT2D eigenvalue weighted by Crippen LogP contribution is 2.28. The molecule has 0 aromatic carbocycles. The molecule has 25 heavy (non-hydrogen) atoms. The third kappa shape index (κ3) is 3.52. The van der Waals surface area contributed by atoms with Gasteiger partial charge in [-0.1, -0.05) is 0 Å². The van der Waals surface area contributed by atoms with Crippen molar-refractivity contribution in [1.82, 2.24) is 29.5 Å². The Kier molecular flexibility index (Phi) is 4.41. The van der Waals surface area contributed by atoms with Gasteiger partial charge in [0.2, 0.25) is 5.91 Å². The molecule has 1 N–H and O–H groups in total. The highest BCUT2D eigenvalue weighted by Gasteiger charge is 2.24. The summed E-state index contributed by atoms with van der Waals surface area (Å²) in [6.07, 6.45) is 7.48. The minimum Gasteiger partial charge on any atom is -0.302 e. The fourth-order valence-corrected chi connectivity index (χ4v) is 4.22. The summed E-state index contributed by atoms with van der Waals surface area (Å²) in [5.41, 5.74) is 1.16. The van der Waals surface area contributed by atoms with Crippen LogP contribution in [0, 0.1) is 0 Å². The van der Waals surface area contributed by atoms with Gasteiger partial charge in [0.05, 0.1) is 5.69 Å². The van der Waals surface area contributed by atoms with Crippen LogP contribution in [0.4, 0.5) is 5.13 Å². The summed E-state index contributed by atoms with van der Waals surface area (Å²) in [5, 5.41) is 7.71. The Morgan fingerprint density at radius 2 is 2.32 bits per heavy atom. The molecule has 0 spiro atoms. The Morgan fingerprint density at radius 1 is 1.40 bits per heavy atom. The van der Waals surface area contributed by atoms with E-state index in [1.165, 1.54) is 18.3 Å². The lowest BCUT2D eigenvalue weighted by molar-refractivity contribution is -0.114. The van der Waals surface area contributed by atoms with Crippen LogP contribution in [0.1, 0.15) is 36.3 Å². The molecule has 1 aliphatic heterocycles. The van der Waals surface area contributed by atoms with Crippen molar-refractivity contribution in [2.45, 2.75) is 32.2 Å². The lowest BCUT2D eigenvalue weighted by Gasteiger charge is -2.32. The molecule has 4 rings (SSSR count). The number of nitrogens with zero attached hydrogens (tertiary/aromatic N) is 6. The monoisotopic (exact) mass is 357 g/mol. The lowest BCUT2D eigenvalue weighted by Crippen LogP contribution is -2.34. The number of thiazole rings is 1. The molecule has 3 aromatic rings. The van der Waals surface area contributed by atoms with E-state index in [9.17, 15) is 4.79 Å². The Morgan fingerprint density at radius 3 is 3.20 bits per heavy atom. The van der Waals surface area contributed by atoms with Crippen molar-refractivity contribution < 1.29 is 4.79 Å². The Bertz CT molecular complexity index is 889. The number of fused-ring (bicyclic) bond motifs is 1. The molecule has 3 aromatic heterocycles. The molecule has 1 amide bonds. The first-order chi connectivity index (χ1) is 12.2. The van der Waals surface area contributed by atoms with E-state index < -0.39 is 0 Å². The molecule has 0 radical (unpaired) electrons. The second kappa shape index (κ2) is 6.85. The van der Waals surface area contributed by atoms with Gasteiger partial charge in [-0.2, -0.15) is 10.1 Å². The second-order valence-corrected chi connectivity index (χ2v) is 7.34. The van der Waals surface area contributed by atoms with Gasteiger partial charge in [-0.15, -0.1) is 11.3 Å². The molecule has 130 valence electrons. The van der Waals surface area contributed by atoms with Crippen LogP contribution >= 0.6 is 11.3 Å². The van der Waals surface area contributed by atoms with E-state index in [2.05, 4.69) is 30.3 Å². The zero-order chi connectivity index (χ0) is 17.2. The molecule has 1 fully saturated rings. The number of carbonyl (C=O) groups is 1. The minimum absolute atomic E-state index is 0.0894. The smallest absolute Gasteiger partial charge is 0.252 e. The molecule has 8 nitrogen and oxygen atoms in total. The van der Waals surface area contributed by atoms with E-state index in [1.807, 2.05) is 16.8 Å². The third-order valence-electron chi connectivity index (χ3n) is 4.35. The summed E-state index contributed by atoms with van der Waals surface area (Å²) < 4.78 is 1.84. The average molecular weight is 357 g/mol. The minimum atomic E-state index is -0.0894. The van der Waals surface area contributed by atoms with Crippen molar-refractivity contribution in [3.05, 3.63) is 35.4 Å². The van der Waals surface area contributed by atoms with Crippen LogP contribution in [-0.4, -0.2) is 48.5 Å². The van der Waals surface area contributed by atoms with Crippen molar-refractivity contribution in [2.24, 2.45) is 0 Å². The zero-order valence-corrected chi connectivity index (χ0v) is 14.7. The number of anilines is 1. The number of aromatic nitrogens is 5. The average Bonchev–Trinajstić information content (AvgIpc) is 3.23. The molecule has 1 saturated heterocycles. The molecule has 0 aliphatic carbocycles. The summed E-state index contributed by atoms with van der Waals surface area (Å²) in [5.74, 6) is 0.967. The summed E-state index contributed by atoms with van der Waals surface area (Å²) in [6.45, 7) is 4.37. The first kappa shape index (κ1) is 16.1. The predicted octanol–water partition coefficient (Wildman–Crippen LogP) is 1.92. The predicted molar refractivity (Wildman–Crippen MR) is 94.5 cm³/mol. The summed E-state index contributed by atoms with van der Waals surface area (Å²) in [7, 11) is 0. The number of amides is 1. The van der Waals surface area contributed by atoms with Crippen LogP contribution < -0.4 is 5.32 Å². The van der Waals surface area contributed by atoms with Crippen LogP contribution in [0.2, 0.25) is 0 Å². The van der Waals surface area contributed by atoms with E-state index in [0.717, 1.165) is 43.0 Å². The van der Waals surface area contributed by atoms with Gasteiger partial charge in [0.15, 0.2) is 5.13 Å². The maximum Gasteiger partial charge on any atom is 0.252 e. The normalized spacial score (nSPS) is 18.5. The van der Waals surface area contributed by atoms with Crippen molar-refractivity contribution in [1.29, 1.82) is 0 Å². The fourth-order valence-electron chi connectivity index (χ4n) is 3.32. The van der Waals surface area contributed by atoms with Crippen molar-refractivity contribution in [2.75, 3.05) is 18.4 Å². The molecule has 9 heteroatoms. The van der Waals surface area contributed by atoms with E-state index in [4.69, 9.17) is 0 Å². The standard InChI is InChI=1S/C16H19N7OS/c1-11(24)21-16-18-7-13(25-16)9-22-6-2-3-12(8-22)14-4-5-17-15-19-10-20-23(14)15/h4-5,7,10,12H,2-3,6,8-9H2,1H3,(H,18,21,24)/t12-/m1/s1. The first-order valence-electron chi connectivity index (χ1n) is 8.28. The van der Waals surface area contributed by atoms with Gasteiger partial charge >= 0.3 is 0 Å². The number of nitrogens with one attached hydrogen (secondary N) is 1. The van der Waals surface area contributed by atoms with Gasteiger partial charge in [-0.05, 0) is 25.5 Å². The van der Waals surface area contributed by atoms with Crippen LogP contribution in [0.15, 0.2) is 24.8 Å². The van der Waals surface area contributed by atoms with Gasteiger partial charge in [0, 0.05) is 43.2 Å². The SMILES string of the molecule is CC(=O)Nc1ncc(CN2CCC[C@@H](c3ccnc4ncnn34)C2)s1. The molecule has 4 heterocycles. The lowest BCUT2D eigenvalue weighted by atomic mass is 9.94. The molecule has 0 saturated carbocycles. The number of piperidine rings is 1. The number of likely N-dealkylation sites (tertiary alicyclic amines) is 1. The Balaban J connectivity index is 1.47. The van der Waals surface area contributed by atoms with Gasteiger partial charge in [0.1, 0.15) is 6.33 Å². The van der Waals surface area contributed by atoms with E-state index in [-0.39, 0.29) is 5.91 Å². The molecule has 1 aliphatic rings. The summed E-state index contributed by atoms with van der Waals surface area (Å²) in [6, 6.07) is 2.04. The number of carbonyl (C=O) groups excluding carboxylic acids is 1. The number of hydrogen-bond acceptors (Lipinski definition) is 7. The molecule has 0 bridgehead atoms. The van der Waals surface area contributed by atoms with Crippen LogP contribution in [0.5, 0.6) is 0 Å². The fraction of sp³-hybridized carbons (Fsp3) is 0.438. The maximum atomic E-state index is 11.1. The van der Waals surface area contributed by atoms with E-state index in [1.54, 1.807) is 12.5 Å².